The van der Waals surface area contributed by atoms with Crippen LogP contribution in [0.5, 0.6) is 0 Å². The van der Waals surface area contributed by atoms with Crippen molar-refractivity contribution in [3.05, 3.63) is 29.8 Å². The molecule has 0 saturated carbocycles. The number of nitrogens with two attached hydrogens (primary N) is 1. The van der Waals surface area contributed by atoms with Gasteiger partial charge in [0.2, 0.25) is 5.91 Å². The van der Waals surface area contributed by atoms with E-state index in [1.54, 1.807) is 0 Å². The van der Waals surface area contributed by atoms with Gasteiger partial charge in [-0.15, -0.1) is 0 Å². The average molecular weight is 290 g/mol. The number of anilines is 1. The molecule has 116 valence electrons. The van der Waals surface area contributed by atoms with Crippen LogP contribution in [0.4, 0.5) is 5.69 Å². The smallest absolute Gasteiger partial charge is 0.241 e. The molecule has 1 unspecified atom stereocenters. The fourth-order valence-electron chi connectivity index (χ4n) is 2.57. The Bertz CT molecular complexity index is 471. The summed E-state index contributed by atoms with van der Waals surface area (Å²) in [5.41, 5.74) is 8.23. The van der Waals surface area contributed by atoms with Crippen molar-refractivity contribution in [1.82, 2.24) is 0 Å². The Balaban J connectivity index is 1.95. The van der Waals surface area contributed by atoms with E-state index in [0.29, 0.717) is 13.2 Å². The highest BCUT2D eigenvalue weighted by atomic mass is 16.5. The summed E-state index contributed by atoms with van der Waals surface area (Å²) in [6.45, 7) is 7.91. The molecule has 0 radical (unpaired) electrons. The normalized spacial score (nSPS) is 18.3. The zero-order valence-electron chi connectivity index (χ0n) is 13.2. The Kier molecular flexibility index (Phi) is 5.01. The van der Waals surface area contributed by atoms with Gasteiger partial charge in [0, 0.05) is 18.9 Å². The number of amides is 1. The molecule has 1 saturated heterocycles. The summed E-state index contributed by atoms with van der Waals surface area (Å²) in [6.07, 6.45) is 1.72. The lowest BCUT2D eigenvalue weighted by Gasteiger charge is -2.26. The van der Waals surface area contributed by atoms with Crippen LogP contribution in [0, 0.1) is 5.92 Å². The third-order valence-electron chi connectivity index (χ3n) is 4.10. The van der Waals surface area contributed by atoms with E-state index in [2.05, 4.69) is 38.2 Å². The number of benzene rings is 1. The van der Waals surface area contributed by atoms with Gasteiger partial charge in [0.05, 0.1) is 6.04 Å². The molecule has 2 rings (SSSR count). The Labute approximate surface area is 127 Å². The minimum Gasteiger partial charge on any atom is -0.381 e. The van der Waals surface area contributed by atoms with Crippen molar-refractivity contribution in [3.8, 4) is 0 Å². The van der Waals surface area contributed by atoms with Gasteiger partial charge in [0.15, 0.2) is 0 Å². The molecule has 0 bridgehead atoms. The molecule has 4 nitrogen and oxygen atoms in total. The van der Waals surface area contributed by atoms with Crippen LogP contribution in [-0.2, 0) is 14.9 Å². The first kappa shape index (κ1) is 16.0. The Morgan fingerprint density at radius 1 is 1.24 bits per heavy atom. The van der Waals surface area contributed by atoms with Crippen LogP contribution in [0.25, 0.3) is 0 Å². The van der Waals surface area contributed by atoms with Crippen molar-refractivity contribution in [2.24, 2.45) is 11.7 Å². The van der Waals surface area contributed by atoms with Crippen LogP contribution in [0.1, 0.15) is 39.2 Å². The molecular weight excluding hydrogens is 264 g/mol. The fourth-order valence-corrected chi connectivity index (χ4v) is 2.57. The Morgan fingerprint density at radius 3 is 2.33 bits per heavy atom. The van der Waals surface area contributed by atoms with Crippen molar-refractivity contribution in [3.63, 3.8) is 0 Å². The van der Waals surface area contributed by atoms with E-state index in [1.165, 1.54) is 5.56 Å². The van der Waals surface area contributed by atoms with E-state index >= 15 is 0 Å². The minimum atomic E-state index is -0.462. The third-order valence-corrected chi connectivity index (χ3v) is 4.10. The maximum atomic E-state index is 12.2. The quantitative estimate of drug-likeness (QED) is 0.899. The van der Waals surface area contributed by atoms with Crippen LogP contribution in [0.2, 0.25) is 0 Å². The van der Waals surface area contributed by atoms with Crippen molar-refractivity contribution >= 4 is 11.6 Å². The Morgan fingerprint density at radius 2 is 1.81 bits per heavy atom. The molecule has 0 spiro atoms. The van der Waals surface area contributed by atoms with E-state index in [1.807, 2.05) is 12.1 Å². The molecule has 4 heteroatoms. The molecule has 21 heavy (non-hydrogen) atoms. The summed E-state index contributed by atoms with van der Waals surface area (Å²) in [5.74, 6) is 0.109. The average Bonchev–Trinajstić information content (AvgIpc) is 2.47. The maximum absolute atomic E-state index is 12.2. The number of carbonyl (C=O) groups excluding carboxylic acids is 1. The summed E-state index contributed by atoms with van der Waals surface area (Å²) in [4.78, 5) is 12.2. The van der Waals surface area contributed by atoms with Crippen molar-refractivity contribution in [2.75, 3.05) is 18.5 Å². The predicted octanol–water partition coefficient (Wildman–Crippen LogP) is 2.68. The minimum absolute atomic E-state index is 0.106. The number of ether oxygens (including phenoxy) is 1. The number of carbonyl (C=O) groups is 1. The number of hydrogen-bond donors (Lipinski definition) is 2. The molecule has 1 fully saturated rings. The molecule has 1 aliphatic heterocycles. The van der Waals surface area contributed by atoms with Crippen molar-refractivity contribution < 1.29 is 9.53 Å². The second kappa shape index (κ2) is 6.58. The first-order valence-electron chi connectivity index (χ1n) is 7.62. The van der Waals surface area contributed by atoms with Gasteiger partial charge in [-0.3, -0.25) is 4.79 Å². The fraction of sp³-hybridized carbons (Fsp3) is 0.588. The molecule has 1 aliphatic rings. The van der Waals surface area contributed by atoms with E-state index in [-0.39, 0.29) is 17.2 Å². The predicted molar refractivity (Wildman–Crippen MR) is 85.3 cm³/mol. The lowest BCUT2D eigenvalue weighted by Crippen LogP contribution is -2.44. The van der Waals surface area contributed by atoms with Crippen molar-refractivity contribution in [2.45, 2.75) is 45.1 Å². The molecule has 1 aromatic carbocycles. The van der Waals surface area contributed by atoms with Gasteiger partial charge < -0.3 is 15.8 Å². The topological polar surface area (TPSA) is 64.4 Å². The standard InChI is InChI=1S/C17H26N2O2/c1-17(2,3)13-4-6-14(7-5-13)19-16(20)15(18)12-8-10-21-11-9-12/h4-7,12,15H,8-11,18H2,1-3H3,(H,19,20). The van der Waals surface area contributed by atoms with Gasteiger partial charge in [-0.2, -0.15) is 0 Å². The Hall–Kier alpha value is -1.39. The maximum Gasteiger partial charge on any atom is 0.241 e. The molecule has 1 heterocycles. The monoisotopic (exact) mass is 290 g/mol. The van der Waals surface area contributed by atoms with Crippen LogP contribution < -0.4 is 11.1 Å². The van der Waals surface area contributed by atoms with Gasteiger partial charge in [-0.05, 0) is 41.9 Å². The first-order chi connectivity index (χ1) is 9.88. The van der Waals surface area contributed by atoms with Gasteiger partial charge in [-0.25, -0.2) is 0 Å². The van der Waals surface area contributed by atoms with Gasteiger partial charge in [-0.1, -0.05) is 32.9 Å². The first-order valence-corrected chi connectivity index (χ1v) is 7.62. The molecule has 0 aromatic heterocycles. The highest BCUT2D eigenvalue weighted by Gasteiger charge is 2.26. The SMILES string of the molecule is CC(C)(C)c1ccc(NC(=O)C(N)C2CCOCC2)cc1. The lowest BCUT2D eigenvalue weighted by atomic mass is 9.87. The molecule has 1 atom stereocenters. The van der Waals surface area contributed by atoms with Crippen molar-refractivity contribution in [1.29, 1.82) is 0 Å². The van der Waals surface area contributed by atoms with E-state index in [0.717, 1.165) is 18.5 Å². The van der Waals surface area contributed by atoms with Crippen LogP contribution in [0.3, 0.4) is 0 Å². The molecule has 1 amide bonds. The van der Waals surface area contributed by atoms with Gasteiger partial charge >= 0.3 is 0 Å². The van der Waals surface area contributed by atoms with Gasteiger partial charge in [0.1, 0.15) is 0 Å². The second-order valence-electron chi connectivity index (χ2n) is 6.79. The highest BCUT2D eigenvalue weighted by Crippen LogP contribution is 2.24. The number of rotatable bonds is 3. The molecule has 0 aliphatic carbocycles. The van der Waals surface area contributed by atoms with Gasteiger partial charge in [0.25, 0.3) is 0 Å². The zero-order chi connectivity index (χ0) is 15.5. The van der Waals surface area contributed by atoms with Crippen LogP contribution >= 0.6 is 0 Å². The number of nitrogens with one attached hydrogen (secondary N) is 1. The van der Waals surface area contributed by atoms with Crippen LogP contribution in [0.15, 0.2) is 24.3 Å². The zero-order valence-corrected chi connectivity index (χ0v) is 13.2. The third kappa shape index (κ3) is 4.29. The number of hydrogen-bond acceptors (Lipinski definition) is 3. The van der Waals surface area contributed by atoms with Crippen LogP contribution in [-0.4, -0.2) is 25.2 Å². The second-order valence-corrected chi connectivity index (χ2v) is 6.79. The summed E-state index contributed by atoms with van der Waals surface area (Å²) < 4.78 is 5.31. The molecule has 3 N–H and O–H groups in total. The van der Waals surface area contributed by atoms with E-state index < -0.39 is 6.04 Å². The summed E-state index contributed by atoms with van der Waals surface area (Å²) in [7, 11) is 0. The highest BCUT2D eigenvalue weighted by molar-refractivity contribution is 5.94. The van der Waals surface area contributed by atoms with E-state index in [9.17, 15) is 4.79 Å². The van der Waals surface area contributed by atoms with E-state index in [4.69, 9.17) is 10.5 Å². The lowest BCUT2D eigenvalue weighted by molar-refractivity contribution is -0.119. The largest absolute Gasteiger partial charge is 0.381 e. The summed E-state index contributed by atoms with van der Waals surface area (Å²) in [5, 5.41) is 2.91. The molecule has 1 aromatic rings. The summed E-state index contributed by atoms with van der Waals surface area (Å²) >= 11 is 0. The summed E-state index contributed by atoms with van der Waals surface area (Å²) in [6, 6.07) is 7.52. The molecular formula is C17H26N2O2.